The van der Waals surface area contributed by atoms with E-state index in [0.29, 0.717) is 0 Å². The van der Waals surface area contributed by atoms with E-state index in [0.717, 1.165) is 6.07 Å². The molecule has 31 heavy (non-hydrogen) atoms. The molecule has 0 spiro atoms. The second kappa shape index (κ2) is 7.75. The van der Waals surface area contributed by atoms with Gasteiger partial charge in [0, 0.05) is 17.0 Å². The van der Waals surface area contributed by atoms with Crippen molar-refractivity contribution >= 4 is 5.78 Å². The van der Waals surface area contributed by atoms with Crippen molar-refractivity contribution in [2.45, 2.75) is 43.0 Å². The van der Waals surface area contributed by atoms with E-state index >= 15 is 0 Å². The Morgan fingerprint density at radius 1 is 0.903 bits per heavy atom. The number of hydrogen-bond donors (Lipinski definition) is 8. The van der Waals surface area contributed by atoms with Gasteiger partial charge in [-0.2, -0.15) is 0 Å². The lowest BCUT2D eigenvalue weighted by Crippen LogP contribution is -2.60. The van der Waals surface area contributed by atoms with E-state index in [4.69, 9.17) is 4.74 Å². The summed E-state index contributed by atoms with van der Waals surface area (Å²) in [4.78, 5) is 13.1. The van der Waals surface area contributed by atoms with Crippen LogP contribution in [0.25, 0.3) is 0 Å². The van der Waals surface area contributed by atoms with Crippen LogP contribution in [-0.4, -0.2) is 83.8 Å². The molecule has 2 aromatic rings. The molecule has 1 saturated heterocycles. The fourth-order valence-electron chi connectivity index (χ4n) is 4.49. The Morgan fingerprint density at radius 3 is 2.26 bits per heavy atom. The first-order valence-corrected chi connectivity index (χ1v) is 9.58. The van der Waals surface area contributed by atoms with Crippen molar-refractivity contribution in [3.63, 3.8) is 0 Å². The summed E-state index contributed by atoms with van der Waals surface area (Å²) in [6.07, 6.45) is -7.74. The topological polar surface area (TPSA) is 188 Å². The number of benzene rings is 2. The minimum Gasteiger partial charge on any atom is -0.507 e. The zero-order valence-corrected chi connectivity index (χ0v) is 16.1. The predicted octanol–water partition coefficient (Wildman–Crippen LogP) is -1.19. The molecular formula is C21H22O10. The highest BCUT2D eigenvalue weighted by atomic mass is 16.5. The smallest absolute Gasteiger partial charge is 0.201 e. The second-order valence-electron chi connectivity index (χ2n) is 7.69. The van der Waals surface area contributed by atoms with Gasteiger partial charge in [0.05, 0.1) is 30.4 Å². The van der Waals surface area contributed by atoms with Crippen molar-refractivity contribution in [1.29, 1.82) is 0 Å². The van der Waals surface area contributed by atoms with Gasteiger partial charge in [-0.05, 0) is 17.7 Å². The van der Waals surface area contributed by atoms with Crippen molar-refractivity contribution in [2.24, 2.45) is 0 Å². The standard InChI is InChI=1S/C21H22O10/c22-5-7-4-10(25)14-15(16(7)26)13(8-2-1-3-9(24)12(8)18(14)28)21-20(30)19(29)17(27)11(6-23)31-21/h1-4,11,13,17,19-27,29-30H,5-6H2. The van der Waals surface area contributed by atoms with Crippen LogP contribution in [-0.2, 0) is 11.3 Å². The van der Waals surface area contributed by atoms with Gasteiger partial charge in [0.25, 0.3) is 0 Å². The molecule has 10 heteroatoms. The molecule has 0 aromatic heterocycles. The molecular weight excluding hydrogens is 412 g/mol. The molecule has 1 aliphatic carbocycles. The molecule has 0 bridgehead atoms. The van der Waals surface area contributed by atoms with Crippen molar-refractivity contribution < 1.29 is 50.4 Å². The van der Waals surface area contributed by atoms with Gasteiger partial charge < -0.3 is 45.6 Å². The van der Waals surface area contributed by atoms with Gasteiger partial charge in [-0.1, -0.05) is 12.1 Å². The van der Waals surface area contributed by atoms with Crippen LogP contribution in [0.1, 0.15) is 38.5 Å². The SMILES string of the molecule is O=C1c2c(O)cccc2C(C2OC(CO)C(O)C(O)C2O)c2c(O)c(CO)cc(O)c21. The highest BCUT2D eigenvalue weighted by Gasteiger charge is 2.51. The maximum Gasteiger partial charge on any atom is 0.201 e. The summed E-state index contributed by atoms with van der Waals surface area (Å²) in [5, 5.41) is 81.9. The van der Waals surface area contributed by atoms with Crippen LogP contribution in [0.5, 0.6) is 17.2 Å². The third kappa shape index (κ3) is 3.07. The van der Waals surface area contributed by atoms with Crippen molar-refractivity contribution in [1.82, 2.24) is 0 Å². The Bertz CT molecular complexity index is 1030. The second-order valence-corrected chi connectivity index (χ2v) is 7.69. The minimum atomic E-state index is -1.73. The van der Waals surface area contributed by atoms with Gasteiger partial charge >= 0.3 is 0 Å². The van der Waals surface area contributed by atoms with Crippen LogP contribution in [0.3, 0.4) is 0 Å². The Hall–Kier alpha value is -2.73. The van der Waals surface area contributed by atoms with E-state index in [1.165, 1.54) is 18.2 Å². The summed E-state index contributed by atoms with van der Waals surface area (Å²) in [7, 11) is 0. The van der Waals surface area contributed by atoms with Crippen LogP contribution in [0.15, 0.2) is 24.3 Å². The fourth-order valence-corrected chi connectivity index (χ4v) is 4.49. The molecule has 8 N–H and O–H groups in total. The van der Waals surface area contributed by atoms with Crippen LogP contribution in [0, 0.1) is 0 Å². The lowest BCUT2D eigenvalue weighted by atomic mass is 9.71. The Labute approximate surface area is 175 Å². The number of carbonyl (C=O) groups is 1. The summed E-state index contributed by atoms with van der Waals surface area (Å²) < 4.78 is 5.67. The molecule has 0 saturated carbocycles. The molecule has 2 aromatic carbocycles. The fraction of sp³-hybridized carbons (Fsp3) is 0.381. The highest BCUT2D eigenvalue weighted by Crippen LogP contribution is 2.51. The van der Waals surface area contributed by atoms with Crippen LogP contribution >= 0.6 is 0 Å². The number of aliphatic hydroxyl groups is 5. The number of ether oxygens (including phenoxy) is 1. The highest BCUT2D eigenvalue weighted by molar-refractivity contribution is 6.16. The number of phenols is 3. The monoisotopic (exact) mass is 434 g/mol. The maximum absolute atomic E-state index is 13.1. The lowest BCUT2D eigenvalue weighted by Gasteiger charge is -2.45. The average molecular weight is 434 g/mol. The molecule has 166 valence electrons. The van der Waals surface area contributed by atoms with Gasteiger partial charge in [-0.15, -0.1) is 0 Å². The molecule has 1 aliphatic heterocycles. The molecule has 10 nitrogen and oxygen atoms in total. The summed E-state index contributed by atoms with van der Waals surface area (Å²) in [6, 6.07) is 5.15. The third-order valence-electron chi connectivity index (χ3n) is 6.00. The summed E-state index contributed by atoms with van der Waals surface area (Å²) in [5.41, 5.74) is -0.681. The van der Waals surface area contributed by atoms with Gasteiger partial charge in [-0.25, -0.2) is 0 Å². The Morgan fingerprint density at radius 2 is 1.61 bits per heavy atom. The quantitative estimate of drug-likeness (QED) is 0.273. The van der Waals surface area contributed by atoms with E-state index < -0.39 is 72.7 Å². The molecule has 6 atom stereocenters. The number of aliphatic hydroxyl groups excluding tert-OH is 5. The number of ketones is 1. The molecule has 1 fully saturated rings. The van der Waals surface area contributed by atoms with Crippen molar-refractivity contribution in [3.05, 3.63) is 52.1 Å². The molecule has 1 heterocycles. The molecule has 0 radical (unpaired) electrons. The number of hydrogen-bond acceptors (Lipinski definition) is 10. The largest absolute Gasteiger partial charge is 0.507 e. The average Bonchev–Trinajstić information content (AvgIpc) is 2.75. The minimum absolute atomic E-state index is 0.0951. The first-order chi connectivity index (χ1) is 14.7. The van der Waals surface area contributed by atoms with Gasteiger partial charge in [0.1, 0.15) is 41.7 Å². The van der Waals surface area contributed by atoms with Crippen molar-refractivity contribution in [2.75, 3.05) is 6.61 Å². The summed E-state index contributed by atoms with van der Waals surface area (Å²) in [6.45, 7) is -1.37. The van der Waals surface area contributed by atoms with E-state index in [9.17, 15) is 45.6 Å². The maximum atomic E-state index is 13.1. The zero-order valence-electron chi connectivity index (χ0n) is 16.1. The van der Waals surface area contributed by atoms with Gasteiger partial charge in [0.15, 0.2) is 0 Å². The Balaban J connectivity index is 2.01. The number of phenolic OH excluding ortho intramolecular Hbond substituents is 2. The van der Waals surface area contributed by atoms with Crippen LogP contribution in [0.4, 0.5) is 0 Å². The van der Waals surface area contributed by atoms with Crippen LogP contribution in [0.2, 0.25) is 0 Å². The molecule has 4 rings (SSSR count). The Kier molecular flexibility index (Phi) is 5.38. The molecule has 2 aliphatic rings. The van der Waals surface area contributed by atoms with E-state index in [1.807, 2.05) is 0 Å². The number of aromatic hydroxyl groups is 3. The zero-order chi connectivity index (χ0) is 22.6. The normalized spacial score (nSPS) is 30.0. The van der Waals surface area contributed by atoms with Crippen LogP contribution < -0.4 is 0 Å². The first-order valence-electron chi connectivity index (χ1n) is 9.58. The van der Waals surface area contributed by atoms with E-state index in [1.54, 1.807) is 0 Å². The number of fused-ring (bicyclic) bond motifs is 2. The summed E-state index contributed by atoms with van der Waals surface area (Å²) >= 11 is 0. The predicted molar refractivity (Wildman–Crippen MR) is 103 cm³/mol. The molecule has 6 unspecified atom stereocenters. The van der Waals surface area contributed by atoms with E-state index in [2.05, 4.69) is 0 Å². The van der Waals surface area contributed by atoms with Gasteiger partial charge in [-0.3, -0.25) is 4.79 Å². The van der Waals surface area contributed by atoms with E-state index in [-0.39, 0.29) is 27.8 Å². The van der Waals surface area contributed by atoms with Gasteiger partial charge in [0.2, 0.25) is 5.78 Å². The number of rotatable bonds is 3. The summed E-state index contributed by atoms with van der Waals surface area (Å²) in [5.74, 6) is -3.50. The number of carbonyl (C=O) groups excluding carboxylic acids is 1. The lowest BCUT2D eigenvalue weighted by molar-refractivity contribution is -0.232. The van der Waals surface area contributed by atoms with Crippen molar-refractivity contribution in [3.8, 4) is 17.2 Å². The first kappa shape index (κ1) is 21.5. The molecule has 0 amide bonds. The third-order valence-corrected chi connectivity index (χ3v) is 6.00.